The standard InChI is InChI=1S/C6H9O3/c1-2-3-7-4-6-5(8-6)9-6/h2-4H2,1H3. The predicted molar refractivity (Wildman–Crippen MR) is 29.3 cm³/mol. The van der Waals surface area contributed by atoms with Gasteiger partial charge in [-0.1, -0.05) is 6.92 Å². The van der Waals surface area contributed by atoms with Crippen LogP contribution in [0.1, 0.15) is 13.3 Å². The largest absolute Gasteiger partial charge is 0.376 e. The molecule has 0 N–H and O–H groups in total. The Hall–Kier alpha value is -0.120. The summed E-state index contributed by atoms with van der Waals surface area (Å²) in [6.45, 7) is 3.45. The minimum atomic E-state index is -0.338. The highest BCUT2D eigenvalue weighted by Crippen LogP contribution is 2.63. The zero-order valence-electron chi connectivity index (χ0n) is 5.35. The van der Waals surface area contributed by atoms with Gasteiger partial charge in [-0.2, -0.15) is 0 Å². The number of epoxide rings is 2. The maximum atomic E-state index is 5.18. The second kappa shape index (κ2) is 1.68. The van der Waals surface area contributed by atoms with Gasteiger partial charge in [0.1, 0.15) is 6.61 Å². The first-order chi connectivity index (χ1) is 4.37. The Balaban J connectivity index is 1.58. The van der Waals surface area contributed by atoms with Gasteiger partial charge in [-0.3, -0.25) is 0 Å². The molecular formula is C6H9O3. The summed E-state index contributed by atoms with van der Waals surface area (Å²) in [5.41, 5.74) is 0. The fourth-order valence-electron chi connectivity index (χ4n) is 0.725. The molecule has 2 rings (SSSR count). The summed E-state index contributed by atoms with van der Waals surface area (Å²) in [6, 6.07) is 0. The molecule has 9 heavy (non-hydrogen) atoms. The molecule has 0 unspecified atom stereocenters. The van der Waals surface area contributed by atoms with E-state index < -0.39 is 0 Å². The van der Waals surface area contributed by atoms with E-state index in [2.05, 4.69) is 6.92 Å². The van der Waals surface area contributed by atoms with E-state index in [0.717, 1.165) is 19.3 Å². The highest BCUT2D eigenvalue weighted by molar-refractivity contribution is 5.19. The first kappa shape index (κ1) is 5.65. The van der Waals surface area contributed by atoms with Gasteiger partial charge >= 0.3 is 0 Å². The normalized spacial score (nSPS) is 27.7. The lowest BCUT2D eigenvalue weighted by Crippen LogP contribution is -2.09. The molecular weight excluding hydrogens is 120 g/mol. The van der Waals surface area contributed by atoms with E-state index in [1.54, 1.807) is 0 Å². The van der Waals surface area contributed by atoms with Crippen LogP contribution >= 0.6 is 0 Å². The zero-order valence-corrected chi connectivity index (χ0v) is 5.35. The molecule has 0 saturated carbocycles. The molecule has 3 heteroatoms. The Morgan fingerprint density at radius 1 is 1.56 bits per heavy atom. The van der Waals surface area contributed by atoms with Crippen LogP contribution in [-0.2, 0) is 14.2 Å². The first-order valence-electron chi connectivity index (χ1n) is 3.20. The van der Waals surface area contributed by atoms with Crippen molar-refractivity contribution in [3.63, 3.8) is 0 Å². The number of fused-ring (bicyclic) bond motifs is 1. The van der Waals surface area contributed by atoms with Gasteiger partial charge in [-0.15, -0.1) is 0 Å². The van der Waals surface area contributed by atoms with Crippen LogP contribution in [0.15, 0.2) is 0 Å². The van der Waals surface area contributed by atoms with Gasteiger partial charge < -0.3 is 14.2 Å². The number of ether oxygens (including phenoxy) is 3. The van der Waals surface area contributed by atoms with Crippen molar-refractivity contribution in [1.29, 1.82) is 0 Å². The summed E-state index contributed by atoms with van der Waals surface area (Å²) >= 11 is 0. The SMILES string of the molecule is CCCOCC12O[C]1O2. The van der Waals surface area contributed by atoms with Crippen molar-refractivity contribution in [3.05, 3.63) is 6.29 Å². The lowest BCUT2D eigenvalue weighted by atomic mass is 10.5. The van der Waals surface area contributed by atoms with Crippen molar-refractivity contribution in [2.75, 3.05) is 13.2 Å². The molecule has 0 spiro atoms. The third kappa shape index (κ3) is 0.852. The molecule has 0 aromatic heterocycles. The van der Waals surface area contributed by atoms with Crippen molar-refractivity contribution in [2.45, 2.75) is 19.1 Å². The Labute approximate surface area is 53.9 Å². The number of hydrogen-bond acceptors (Lipinski definition) is 3. The van der Waals surface area contributed by atoms with Gasteiger partial charge in [0, 0.05) is 6.61 Å². The second-order valence-corrected chi connectivity index (χ2v) is 2.30. The van der Waals surface area contributed by atoms with Gasteiger partial charge in [0.15, 0.2) is 0 Å². The molecule has 2 fully saturated rings. The molecule has 2 aliphatic heterocycles. The maximum Gasteiger partial charge on any atom is 0.294 e. The lowest BCUT2D eigenvalue weighted by molar-refractivity contribution is -0.0617. The molecule has 0 aromatic carbocycles. The van der Waals surface area contributed by atoms with E-state index in [4.69, 9.17) is 14.2 Å². The van der Waals surface area contributed by atoms with Crippen LogP contribution in [0.4, 0.5) is 0 Å². The highest BCUT2D eigenvalue weighted by Gasteiger charge is 2.80. The highest BCUT2D eigenvalue weighted by atomic mass is 17.0. The summed E-state index contributed by atoms with van der Waals surface area (Å²) < 4.78 is 15.0. The summed E-state index contributed by atoms with van der Waals surface area (Å²) in [4.78, 5) is 0. The Morgan fingerprint density at radius 2 is 2.22 bits per heavy atom. The molecule has 0 aromatic rings. The number of rotatable bonds is 4. The lowest BCUT2D eigenvalue weighted by Gasteiger charge is -1.99. The van der Waals surface area contributed by atoms with Crippen LogP contribution < -0.4 is 0 Å². The number of hydrogen-bond donors (Lipinski definition) is 0. The fraction of sp³-hybridized carbons (Fsp3) is 0.833. The third-order valence-electron chi connectivity index (χ3n) is 1.38. The van der Waals surface area contributed by atoms with Crippen molar-refractivity contribution >= 4 is 0 Å². The third-order valence-corrected chi connectivity index (χ3v) is 1.38. The van der Waals surface area contributed by atoms with E-state index in [-0.39, 0.29) is 5.79 Å². The van der Waals surface area contributed by atoms with E-state index in [9.17, 15) is 0 Å². The first-order valence-corrected chi connectivity index (χ1v) is 3.20. The molecule has 2 aliphatic rings. The Bertz CT molecular complexity index is 117. The van der Waals surface area contributed by atoms with E-state index in [0.29, 0.717) is 6.61 Å². The molecule has 0 atom stereocenters. The molecule has 51 valence electrons. The van der Waals surface area contributed by atoms with Gasteiger partial charge in [-0.05, 0) is 6.42 Å². The van der Waals surface area contributed by atoms with Gasteiger partial charge in [0.05, 0.1) is 0 Å². The Morgan fingerprint density at radius 3 is 2.67 bits per heavy atom. The van der Waals surface area contributed by atoms with Gasteiger partial charge in [-0.25, -0.2) is 0 Å². The van der Waals surface area contributed by atoms with E-state index in [1.807, 2.05) is 0 Å². The monoisotopic (exact) mass is 129 g/mol. The molecule has 3 nitrogen and oxygen atoms in total. The van der Waals surface area contributed by atoms with Crippen molar-refractivity contribution in [3.8, 4) is 0 Å². The molecule has 2 heterocycles. The summed E-state index contributed by atoms with van der Waals surface area (Å²) in [5, 5.41) is 0. The molecule has 0 bridgehead atoms. The summed E-state index contributed by atoms with van der Waals surface area (Å²) in [5.74, 6) is -0.338. The van der Waals surface area contributed by atoms with E-state index >= 15 is 0 Å². The molecule has 1 radical (unpaired) electrons. The topological polar surface area (TPSA) is 34.3 Å². The van der Waals surface area contributed by atoms with Crippen LogP contribution in [0.3, 0.4) is 0 Å². The van der Waals surface area contributed by atoms with Crippen molar-refractivity contribution < 1.29 is 14.2 Å². The summed E-state index contributed by atoms with van der Waals surface area (Å²) in [7, 11) is 0. The molecule has 0 amide bonds. The smallest absolute Gasteiger partial charge is 0.294 e. The summed E-state index contributed by atoms with van der Waals surface area (Å²) in [6.07, 6.45) is 1.81. The van der Waals surface area contributed by atoms with E-state index in [1.165, 1.54) is 0 Å². The Kier molecular flexibility index (Phi) is 1.06. The van der Waals surface area contributed by atoms with Crippen LogP contribution in [-0.4, -0.2) is 19.0 Å². The second-order valence-electron chi connectivity index (χ2n) is 2.30. The average molecular weight is 129 g/mol. The van der Waals surface area contributed by atoms with Crippen LogP contribution in [0.5, 0.6) is 0 Å². The molecule has 2 saturated heterocycles. The minimum absolute atomic E-state index is 0.338. The van der Waals surface area contributed by atoms with Crippen LogP contribution in [0.2, 0.25) is 0 Å². The minimum Gasteiger partial charge on any atom is -0.376 e. The predicted octanol–water partition coefficient (Wildman–Crippen LogP) is 0.659. The van der Waals surface area contributed by atoms with Crippen molar-refractivity contribution in [1.82, 2.24) is 0 Å². The van der Waals surface area contributed by atoms with Crippen molar-refractivity contribution in [2.24, 2.45) is 0 Å². The van der Waals surface area contributed by atoms with Gasteiger partial charge in [0.25, 0.3) is 12.1 Å². The van der Waals surface area contributed by atoms with Crippen LogP contribution in [0.25, 0.3) is 0 Å². The van der Waals surface area contributed by atoms with Gasteiger partial charge in [0.2, 0.25) is 0 Å². The van der Waals surface area contributed by atoms with Crippen LogP contribution in [0, 0.1) is 6.29 Å². The zero-order chi connectivity index (χ0) is 6.32. The quantitative estimate of drug-likeness (QED) is 0.413. The average Bonchev–Trinajstić information content (AvgIpc) is 2.54. The maximum absolute atomic E-state index is 5.18. The fourth-order valence-corrected chi connectivity index (χ4v) is 0.725. The molecule has 0 aliphatic carbocycles.